The molecule has 0 amide bonds. The first kappa shape index (κ1) is 16.3. The Kier molecular flexibility index (Phi) is 5.67. The van der Waals surface area contributed by atoms with Crippen LogP contribution in [0.4, 0.5) is 8.78 Å². The molecule has 0 aromatic heterocycles. The third-order valence-electron chi connectivity index (χ3n) is 4.16. The molecule has 118 valence electrons. The van der Waals surface area contributed by atoms with E-state index in [0.29, 0.717) is 12.5 Å². The van der Waals surface area contributed by atoms with Crippen molar-refractivity contribution in [2.75, 3.05) is 19.7 Å². The molecule has 3 nitrogen and oxygen atoms in total. The van der Waals surface area contributed by atoms with Crippen molar-refractivity contribution < 1.29 is 13.5 Å². The zero-order valence-electron chi connectivity index (χ0n) is 12.7. The number of rotatable bonds is 5. The van der Waals surface area contributed by atoms with Crippen LogP contribution in [0.3, 0.4) is 0 Å². The van der Waals surface area contributed by atoms with Gasteiger partial charge in [0.25, 0.3) is 0 Å². The van der Waals surface area contributed by atoms with Gasteiger partial charge in [-0.05, 0) is 25.8 Å². The van der Waals surface area contributed by atoms with Crippen LogP contribution in [-0.4, -0.2) is 36.7 Å². The van der Waals surface area contributed by atoms with Crippen LogP contribution in [0.2, 0.25) is 0 Å². The van der Waals surface area contributed by atoms with Gasteiger partial charge in [0.05, 0.1) is 12.7 Å². The molecule has 2 N–H and O–H groups in total. The van der Waals surface area contributed by atoms with Crippen LogP contribution in [0.5, 0.6) is 0 Å². The molecule has 3 atom stereocenters. The van der Waals surface area contributed by atoms with E-state index in [2.05, 4.69) is 11.8 Å². The molecule has 1 aromatic rings. The third kappa shape index (κ3) is 3.99. The molecular weight excluding hydrogens is 274 g/mol. The lowest BCUT2D eigenvalue weighted by Crippen LogP contribution is -2.49. The Balaban J connectivity index is 1.96. The van der Waals surface area contributed by atoms with E-state index in [1.165, 1.54) is 6.07 Å². The fourth-order valence-corrected chi connectivity index (χ4v) is 2.83. The molecule has 0 saturated carbocycles. The summed E-state index contributed by atoms with van der Waals surface area (Å²) in [5.41, 5.74) is 6.29. The first-order chi connectivity index (χ1) is 10.0. The van der Waals surface area contributed by atoms with Crippen molar-refractivity contribution in [3.63, 3.8) is 0 Å². The van der Waals surface area contributed by atoms with Crippen molar-refractivity contribution in [3.8, 4) is 0 Å². The second-order valence-electron chi connectivity index (χ2n) is 5.74. The van der Waals surface area contributed by atoms with Crippen LogP contribution < -0.4 is 5.73 Å². The summed E-state index contributed by atoms with van der Waals surface area (Å²) in [7, 11) is 0. The Labute approximate surface area is 125 Å². The number of hydrogen-bond acceptors (Lipinski definition) is 3. The van der Waals surface area contributed by atoms with E-state index in [1.807, 2.05) is 6.92 Å². The number of ether oxygens (including phenoxy) is 1. The van der Waals surface area contributed by atoms with Crippen LogP contribution in [0.25, 0.3) is 0 Å². The highest BCUT2D eigenvalue weighted by molar-refractivity contribution is 5.22. The number of nitrogens with two attached hydrogens (primary N) is 1. The molecule has 1 aliphatic rings. The predicted molar refractivity (Wildman–Crippen MR) is 79.0 cm³/mol. The van der Waals surface area contributed by atoms with Gasteiger partial charge >= 0.3 is 0 Å². The van der Waals surface area contributed by atoms with E-state index in [0.717, 1.165) is 32.2 Å². The van der Waals surface area contributed by atoms with Crippen molar-refractivity contribution in [1.29, 1.82) is 0 Å². The maximum atomic E-state index is 13.7. The summed E-state index contributed by atoms with van der Waals surface area (Å²) in [6, 6.07) is 4.06. The Morgan fingerprint density at radius 1 is 1.43 bits per heavy atom. The number of hydrogen-bond donors (Lipinski definition) is 1. The van der Waals surface area contributed by atoms with E-state index in [1.54, 1.807) is 6.07 Å². The van der Waals surface area contributed by atoms with Gasteiger partial charge in [-0.1, -0.05) is 19.1 Å². The Bertz CT molecular complexity index is 470. The van der Waals surface area contributed by atoms with Gasteiger partial charge in [0.2, 0.25) is 0 Å². The second-order valence-corrected chi connectivity index (χ2v) is 5.74. The van der Waals surface area contributed by atoms with Gasteiger partial charge in [-0.2, -0.15) is 0 Å². The van der Waals surface area contributed by atoms with Crippen LogP contribution in [0.15, 0.2) is 18.2 Å². The summed E-state index contributed by atoms with van der Waals surface area (Å²) >= 11 is 0. The highest BCUT2D eigenvalue weighted by atomic mass is 19.2. The van der Waals surface area contributed by atoms with Gasteiger partial charge in [0.15, 0.2) is 11.6 Å². The number of nitrogens with zero attached hydrogens (tertiary/aromatic N) is 1. The average molecular weight is 298 g/mol. The fraction of sp³-hybridized carbons (Fsp3) is 0.625. The molecule has 1 heterocycles. The highest BCUT2D eigenvalue weighted by Gasteiger charge is 2.26. The molecule has 21 heavy (non-hydrogen) atoms. The van der Waals surface area contributed by atoms with Crippen molar-refractivity contribution >= 4 is 0 Å². The Hall–Kier alpha value is -1.04. The van der Waals surface area contributed by atoms with E-state index >= 15 is 0 Å². The number of halogens is 2. The summed E-state index contributed by atoms with van der Waals surface area (Å²) < 4.78 is 32.6. The quantitative estimate of drug-likeness (QED) is 0.908. The highest BCUT2D eigenvalue weighted by Crippen LogP contribution is 2.22. The average Bonchev–Trinajstić information content (AvgIpc) is 2.47. The first-order valence-corrected chi connectivity index (χ1v) is 7.58. The van der Waals surface area contributed by atoms with Crippen LogP contribution in [0, 0.1) is 11.6 Å². The van der Waals surface area contributed by atoms with Gasteiger partial charge in [0.1, 0.15) is 0 Å². The van der Waals surface area contributed by atoms with E-state index in [4.69, 9.17) is 10.5 Å². The molecule has 1 fully saturated rings. The number of benzene rings is 1. The SMILES string of the molecule is CCC1COC(C)CN1CCC(N)c1cccc(F)c1F. The van der Waals surface area contributed by atoms with E-state index in [-0.39, 0.29) is 11.7 Å². The predicted octanol–water partition coefficient (Wildman–Crippen LogP) is 2.85. The minimum atomic E-state index is -0.839. The molecule has 2 rings (SSSR count). The maximum Gasteiger partial charge on any atom is 0.163 e. The molecular formula is C16H24F2N2O. The van der Waals surface area contributed by atoms with Gasteiger partial charge in [-0.3, -0.25) is 4.90 Å². The molecule has 3 unspecified atom stereocenters. The molecule has 0 spiro atoms. The monoisotopic (exact) mass is 298 g/mol. The summed E-state index contributed by atoms with van der Waals surface area (Å²) in [6.45, 7) is 6.52. The van der Waals surface area contributed by atoms with Crippen molar-refractivity contribution in [2.45, 2.75) is 44.9 Å². The molecule has 1 aromatic carbocycles. The molecule has 5 heteroatoms. The van der Waals surface area contributed by atoms with Crippen LogP contribution in [-0.2, 0) is 4.74 Å². The Morgan fingerprint density at radius 2 is 2.19 bits per heavy atom. The molecule has 0 aliphatic carbocycles. The van der Waals surface area contributed by atoms with E-state index < -0.39 is 17.7 Å². The van der Waals surface area contributed by atoms with Crippen LogP contribution >= 0.6 is 0 Å². The minimum absolute atomic E-state index is 0.204. The van der Waals surface area contributed by atoms with Gasteiger partial charge in [0, 0.05) is 30.7 Å². The normalized spacial score (nSPS) is 25.0. The zero-order valence-corrected chi connectivity index (χ0v) is 12.7. The second kappa shape index (κ2) is 7.29. The number of morpholine rings is 1. The summed E-state index contributed by atoms with van der Waals surface area (Å²) in [4.78, 5) is 2.34. The maximum absolute atomic E-state index is 13.7. The van der Waals surface area contributed by atoms with Crippen molar-refractivity contribution in [3.05, 3.63) is 35.4 Å². The van der Waals surface area contributed by atoms with Crippen molar-refractivity contribution in [2.24, 2.45) is 5.73 Å². The molecule has 0 radical (unpaired) electrons. The van der Waals surface area contributed by atoms with Crippen LogP contribution in [0.1, 0.15) is 38.3 Å². The molecule has 1 saturated heterocycles. The lowest BCUT2D eigenvalue weighted by atomic mass is 10.0. The topological polar surface area (TPSA) is 38.5 Å². The van der Waals surface area contributed by atoms with Gasteiger partial charge < -0.3 is 10.5 Å². The Morgan fingerprint density at radius 3 is 2.90 bits per heavy atom. The first-order valence-electron chi connectivity index (χ1n) is 7.58. The summed E-state index contributed by atoms with van der Waals surface area (Å²) in [6.07, 6.45) is 1.81. The lowest BCUT2D eigenvalue weighted by Gasteiger charge is -2.38. The van der Waals surface area contributed by atoms with E-state index in [9.17, 15) is 8.78 Å². The largest absolute Gasteiger partial charge is 0.376 e. The molecule has 1 aliphatic heterocycles. The van der Waals surface area contributed by atoms with Crippen molar-refractivity contribution in [1.82, 2.24) is 4.90 Å². The summed E-state index contributed by atoms with van der Waals surface area (Å²) in [5.74, 6) is -1.67. The zero-order chi connectivity index (χ0) is 15.4. The third-order valence-corrected chi connectivity index (χ3v) is 4.16. The lowest BCUT2D eigenvalue weighted by molar-refractivity contribution is -0.0564. The minimum Gasteiger partial charge on any atom is -0.376 e. The fourth-order valence-electron chi connectivity index (χ4n) is 2.83. The van der Waals surface area contributed by atoms with Gasteiger partial charge in [-0.25, -0.2) is 8.78 Å². The summed E-state index contributed by atoms with van der Waals surface area (Å²) in [5, 5.41) is 0. The standard InChI is InChI=1S/C16H24F2N2O/c1-3-12-10-21-11(2)9-20(12)8-7-15(19)13-5-4-6-14(17)16(13)18/h4-6,11-12,15H,3,7-10,19H2,1-2H3. The van der Waals surface area contributed by atoms with Gasteiger partial charge in [-0.15, -0.1) is 0 Å². The molecule has 0 bridgehead atoms. The smallest absolute Gasteiger partial charge is 0.163 e.